The Morgan fingerprint density at radius 2 is 2.04 bits per heavy atom. The van der Waals surface area contributed by atoms with Crippen LogP contribution in [0.4, 0.5) is 0 Å². The fourth-order valence-electron chi connectivity index (χ4n) is 2.91. The van der Waals surface area contributed by atoms with Gasteiger partial charge in [0.15, 0.2) is 5.78 Å². The van der Waals surface area contributed by atoms with Crippen molar-refractivity contribution in [2.24, 2.45) is 0 Å². The molecule has 0 spiro atoms. The normalized spacial score (nSPS) is 11.2. The van der Waals surface area contributed by atoms with Crippen molar-refractivity contribution in [2.75, 3.05) is 0 Å². The first-order valence-electron chi connectivity index (χ1n) is 8.49. The van der Waals surface area contributed by atoms with E-state index in [0.717, 1.165) is 11.1 Å². The molecule has 0 atom stereocenters. The highest BCUT2D eigenvalue weighted by Crippen LogP contribution is 2.29. The molecule has 28 heavy (non-hydrogen) atoms. The number of hydrogen-bond donors (Lipinski definition) is 1. The quantitative estimate of drug-likeness (QED) is 0.388. The summed E-state index contributed by atoms with van der Waals surface area (Å²) in [5.41, 5.74) is 2.38. The SMILES string of the molecule is CC(=O)c1sc2nc(CSc3nnc(-c4ccccc4C)o3)[nH]c(=O)c2c1C. The van der Waals surface area contributed by atoms with E-state index >= 15 is 0 Å². The van der Waals surface area contributed by atoms with E-state index in [4.69, 9.17) is 4.42 Å². The van der Waals surface area contributed by atoms with E-state index in [1.165, 1.54) is 30.0 Å². The van der Waals surface area contributed by atoms with Crippen LogP contribution >= 0.6 is 23.1 Å². The van der Waals surface area contributed by atoms with E-state index in [0.29, 0.717) is 43.3 Å². The summed E-state index contributed by atoms with van der Waals surface area (Å²) in [4.78, 5) is 32.6. The molecule has 1 N–H and O–H groups in total. The van der Waals surface area contributed by atoms with Crippen LogP contribution in [0, 0.1) is 13.8 Å². The van der Waals surface area contributed by atoms with E-state index in [1.54, 1.807) is 6.92 Å². The van der Waals surface area contributed by atoms with Crippen LogP contribution in [0.25, 0.3) is 21.7 Å². The number of rotatable bonds is 5. The molecule has 0 aliphatic heterocycles. The number of aromatic nitrogens is 4. The Hall–Kier alpha value is -2.78. The molecule has 1 aromatic carbocycles. The number of H-pyrrole nitrogens is 1. The first-order valence-corrected chi connectivity index (χ1v) is 10.3. The molecule has 0 saturated carbocycles. The van der Waals surface area contributed by atoms with Crippen LogP contribution in [0.15, 0.2) is 38.7 Å². The monoisotopic (exact) mass is 412 g/mol. The maximum atomic E-state index is 12.4. The molecule has 0 radical (unpaired) electrons. The van der Waals surface area contributed by atoms with Crippen molar-refractivity contribution in [3.63, 3.8) is 0 Å². The van der Waals surface area contributed by atoms with Gasteiger partial charge in [0.25, 0.3) is 10.8 Å². The van der Waals surface area contributed by atoms with Crippen LogP contribution in [0.3, 0.4) is 0 Å². The molecule has 0 bridgehead atoms. The van der Waals surface area contributed by atoms with Crippen molar-refractivity contribution in [3.8, 4) is 11.5 Å². The van der Waals surface area contributed by atoms with Gasteiger partial charge in [0, 0.05) is 5.56 Å². The van der Waals surface area contributed by atoms with Gasteiger partial charge in [0.05, 0.1) is 16.0 Å². The van der Waals surface area contributed by atoms with Crippen molar-refractivity contribution in [1.29, 1.82) is 0 Å². The summed E-state index contributed by atoms with van der Waals surface area (Å²) in [7, 11) is 0. The van der Waals surface area contributed by atoms with Gasteiger partial charge in [-0.3, -0.25) is 9.59 Å². The molecule has 3 heterocycles. The smallest absolute Gasteiger partial charge is 0.277 e. The zero-order chi connectivity index (χ0) is 19.8. The van der Waals surface area contributed by atoms with E-state index in [9.17, 15) is 9.59 Å². The molecule has 0 aliphatic carbocycles. The summed E-state index contributed by atoms with van der Waals surface area (Å²) in [5, 5.41) is 9.03. The second-order valence-electron chi connectivity index (χ2n) is 6.28. The number of fused-ring (bicyclic) bond motifs is 1. The molecule has 3 aromatic heterocycles. The number of Topliss-reactive ketones (excluding diaryl/α,β-unsaturated/α-hetero) is 1. The molecular formula is C19H16N4O3S2. The third-order valence-corrected chi connectivity index (χ3v) is 6.40. The first kappa shape index (κ1) is 18.6. The van der Waals surface area contributed by atoms with Gasteiger partial charge in [0.1, 0.15) is 10.7 Å². The molecule has 142 valence electrons. The van der Waals surface area contributed by atoms with Crippen LogP contribution in [0.2, 0.25) is 0 Å². The summed E-state index contributed by atoms with van der Waals surface area (Å²) >= 11 is 2.54. The van der Waals surface area contributed by atoms with Gasteiger partial charge in [-0.2, -0.15) is 0 Å². The van der Waals surface area contributed by atoms with E-state index < -0.39 is 0 Å². The summed E-state index contributed by atoms with van der Waals surface area (Å²) in [6, 6.07) is 7.78. The van der Waals surface area contributed by atoms with Gasteiger partial charge >= 0.3 is 0 Å². The maximum absolute atomic E-state index is 12.4. The number of nitrogens with zero attached hydrogens (tertiary/aromatic N) is 3. The molecule has 0 saturated heterocycles. The highest BCUT2D eigenvalue weighted by Gasteiger charge is 2.17. The summed E-state index contributed by atoms with van der Waals surface area (Å²) < 4.78 is 5.72. The topological polar surface area (TPSA) is 102 Å². The first-order chi connectivity index (χ1) is 13.4. The number of aryl methyl sites for hydroxylation is 2. The van der Waals surface area contributed by atoms with E-state index in [2.05, 4.69) is 20.2 Å². The van der Waals surface area contributed by atoms with Gasteiger partial charge in [-0.15, -0.1) is 21.5 Å². The van der Waals surface area contributed by atoms with E-state index in [1.807, 2.05) is 31.2 Å². The second kappa shape index (κ2) is 7.33. The lowest BCUT2D eigenvalue weighted by molar-refractivity contribution is 0.102. The van der Waals surface area contributed by atoms with Crippen LogP contribution in [0.1, 0.15) is 33.5 Å². The number of thiophene rings is 1. The number of nitrogens with one attached hydrogen (secondary N) is 1. The lowest BCUT2D eigenvalue weighted by Gasteiger charge is -2.00. The van der Waals surface area contributed by atoms with Crippen LogP contribution in [-0.2, 0) is 5.75 Å². The Morgan fingerprint density at radius 3 is 2.79 bits per heavy atom. The van der Waals surface area contributed by atoms with Crippen molar-refractivity contribution in [2.45, 2.75) is 31.7 Å². The molecule has 4 rings (SSSR count). The number of thioether (sulfide) groups is 1. The summed E-state index contributed by atoms with van der Waals surface area (Å²) in [5.74, 6) is 1.25. The molecule has 9 heteroatoms. The predicted molar refractivity (Wildman–Crippen MR) is 109 cm³/mol. The van der Waals surface area contributed by atoms with Crippen LogP contribution in [0.5, 0.6) is 0 Å². The molecule has 7 nitrogen and oxygen atoms in total. The van der Waals surface area contributed by atoms with Gasteiger partial charge < -0.3 is 9.40 Å². The fourth-order valence-corrected chi connectivity index (χ4v) is 4.64. The Balaban J connectivity index is 1.57. The summed E-state index contributed by atoms with van der Waals surface area (Å²) in [6.07, 6.45) is 0. The minimum atomic E-state index is -0.243. The number of aromatic amines is 1. The second-order valence-corrected chi connectivity index (χ2v) is 8.21. The lowest BCUT2D eigenvalue weighted by atomic mass is 10.1. The average molecular weight is 412 g/mol. The minimum Gasteiger partial charge on any atom is -0.411 e. The molecule has 0 aliphatic rings. The number of benzene rings is 1. The Labute approximate surface area is 168 Å². The van der Waals surface area contributed by atoms with Crippen LogP contribution < -0.4 is 5.56 Å². The van der Waals surface area contributed by atoms with Crippen molar-refractivity contribution in [1.82, 2.24) is 20.2 Å². The van der Waals surface area contributed by atoms with Gasteiger partial charge in [0.2, 0.25) is 5.89 Å². The predicted octanol–water partition coefficient (Wildman–Crippen LogP) is 4.15. The van der Waals surface area contributed by atoms with Gasteiger partial charge in [-0.1, -0.05) is 30.0 Å². The molecule has 0 amide bonds. The number of carbonyl (C=O) groups is 1. The Morgan fingerprint density at radius 1 is 1.25 bits per heavy atom. The molecule has 0 fully saturated rings. The third kappa shape index (κ3) is 3.38. The van der Waals surface area contributed by atoms with E-state index in [-0.39, 0.29) is 11.3 Å². The average Bonchev–Trinajstić information content (AvgIpc) is 3.25. The lowest BCUT2D eigenvalue weighted by Crippen LogP contribution is -2.11. The zero-order valence-electron chi connectivity index (χ0n) is 15.4. The van der Waals surface area contributed by atoms with Crippen molar-refractivity contribution >= 4 is 39.1 Å². The largest absolute Gasteiger partial charge is 0.411 e. The van der Waals surface area contributed by atoms with Crippen molar-refractivity contribution in [3.05, 3.63) is 56.4 Å². The fraction of sp³-hybridized carbons (Fsp3) is 0.211. The number of hydrogen-bond acceptors (Lipinski definition) is 8. The van der Waals surface area contributed by atoms with Gasteiger partial charge in [-0.25, -0.2) is 4.98 Å². The number of ketones is 1. The standard InChI is InChI=1S/C19H16N4O3S2/c1-9-6-4-5-7-12(9)17-22-23-19(26-17)27-8-13-20-16(25)14-10(2)15(11(3)24)28-18(14)21-13/h4-7H,8H2,1-3H3,(H,20,21,25). The third-order valence-electron chi connectivity index (χ3n) is 4.28. The Bertz CT molecular complexity index is 1260. The van der Waals surface area contributed by atoms with Crippen LogP contribution in [-0.4, -0.2) is 25.9 Å². The zero-order valence-corrected chi connectivity index (χ0v) is 17.0. The summed E-state index contributed by atoms with van der Waals surface area (Å²) in [6.45, 7) is 5.24. The maximum Gasteiger partial charge on any atom is 0.277 e. The molecular weight excluding hydrogens is 396 g/mol. The highest BCUT2D eigenvalue weighted by molar-refractivity contribution is 7.98. The minimum absolute atomic E-state index is 0.0644. The van der Waals surface area contributed by atoms with Gasteiger partial charge in [-0.05, 0) is 38.0 Å². The Kier molecular flexibility index (Phi) is 4.86. The number of carbonyl (C=O) groups excluding carboxylic acids is 1. The van der Waals surface area contributed by atoms with Crippen molar-refractivity contribution < 1.29 is 9.21 Å². The molecule has 4 aromatic rings. The highest BCUT2D eigenvalue weighted by atomic mass is 32.2. The molecule has 0 unspecified atom stereocenters.